The first-order valence-electron chi connectivity index (χ1n) is 5.33. The van der Waals surface area contributed by atoms with Crippen LogP contribution in [-0.4, -0.2) is 32.4 Å². The van der Waals surface area contributed by atoms with Gasteiger partial charge in [0.1, 0.15) is 9.84 Å². The number of amides is 1. The summed E-state index contributed by atoms with van der Waals surface area (Å²) in [5, 5.41) is 2.78. The highest BCUT2D eigenvalue weighted by molar-refractivity contribution is 7.90. The molecule has 0 saturated heterocycles. The number of benzene rings is 1. The van der Waals surface area contributed by atoms with Crippen molar-refractivity contribution in [2.45, 2.75) is 13.0 Å². The molecule has 1 atom stereocenters. The highest BCUT2D eigenvalue weighted by atomic mass is 35.5. The Morgan fingerprint density at radius 2 is 2.00 bits per heavy atom. The predicted octanol–water partition coefficient (Wildman–Crippen LogP) is 1.74. The van der Waals surface area contributed by atoms with Crippen molar-refractivity contribution in [2.75, 3.05) is 17.7 Å². The second-order valence-corrected chi connectivity index (χ2v) is 7.30. The first kappa shape index (κ1) is 16.1. The van der Waals surface area contributed by atoms with Gasteiger partial charge in [0, 0.05) is 18.0 Å². The third kappa shape index (κ3) is 4.89. The van der Waals surface area contributed by atoms with Crippen LogP contribution in [-0.2, 0) is 9.84 Å². The average Bonchev–Trinajstić information content (AvgIpc) is 2.20. The summed E-state index contributed by atoms with van der Waals surface area (Å²) in [5.41, 5.74) is 6.00. The normalized spacial score (nSPS) is 13.1. The number of hydrogen-bond donors (Lipinski definition) is 2. The van der Waals surface area contributed by atoms with E-state index in [0.717, 1.165) is 6.26 Å². The van der Waals surface area contributed by atoms with Crippen LogP contribution >= 0.6 is 23.2 Å². The molecule has 1 unspecified atom stereocenters. The zero-order valence-electron chi connectivity index (χ0n) is 10.4. The zero-order valence-corrected chi connectivity index (χ0v) is 12.7. The summed E-state index contributed by atoms with van der Waals surface area (Å²) >= 11 is 11.7. The van der Waals surface area contributed by atoms with Gasteiger partial charge in [-0.3, -0.25) is 4.79 Å². The summed E-state index contributed by atoms with van der Waals surface area (Å²) in [7, 11) is -3.18. The lowest BCUT2D eigenvalue weighted by molar-refractivity contribution is 0.0944. The summed E-state index contributed by atoms with van der Waals surface area (Å²) in [6, 6.07) is 2.27. The van der Waals surface area contributed by atoms with E-state index in [1.54, 1.807) is 6.92 Å². The van der Waals surface area contributed by atoms with E-state index in [-0.39, 0.29) is 21.4 Å². The molecule has 106 valence electrons. The molecule has 0 aliphatic carbocycles. The van der Waals surface area contributed by atoms with Crippen molar-refractivity contribution in [2.24, 2.45) is 0 Å². The van der Waals surface area contributed by atoms with E-state index < -0.39 is 21.8 Å². The molecule has 19 heavy (non-hydrogen) atoms. The van der Waals surface area contributed by atoms with Gasteiger partial charge in [0.15, 0.2) is 0 Å². The molecule has 1 amide bonds. The van der Waals surface area contributed by atoms with Gasteiger partial charge in [0.2, 0.25) is 0 Å². The van der Waals surface area contributed by atoms with Gasteiger partial charge >= 0.3 is 0 Å². The van der Waals surface area contributed by atoms with E-state index in [4.69, 9.17) is 28.9 Å². The largest absolute Gasteiger partial charge is 0.399 e. The Morgan fingerprint density at radius 1 is 1.42 bits per heavy atom. The molecular weight excluding hydrogens is 311 g/mol. The van der Waals surface area contributed by atoms with Crippen molar-refractivity contribution in [3.05, 3.63) is 27.7 Å². The quantitative estimate of drug-likeness (QED) is 0.825. The number of carbonyl (C=O) groups is 1. The van der Waals surface area contributed by atoms with Crippen LogP contribution < -0.4 is 11.1 Å². The Balaban J connectivity index is 2.90. The van der Waals surface area contributed by atoms with Crippen LogP contribution in [0.5, 0.6) is 0 Å². The maximum absolute atomic E-state index is 12.0. The third-order valence-corrected chi connectivity index (χ3v) is 4.13. The van der Waals surface area contributed by atoms with Crippen LogP contribution in [0.4, 0.5) is 5.69 Å². The predicted molar refractivity (Wildman–Crippen MR) is 77.5 cm³/mol. The highest BCUT2D eigenvalue weighted by Gasteiger charge is 2.18. The Labute approximate surface area is 122 Å². The SMILES string of the molecule is CC(CS(C)(=O)=O)NC(=O)c1cc(N)cc(Cl)c1Cl. The number of hydrogen-bond acceptors (Lipinski definition) is 4. The van der Waals surface area contributed by atoms with Crippen molar-refractivity contribution in [1.29, 1.82) is 0 Å². The number of nitrogen functional groups attached to an aromatic ring is 1. The van der Waals surface area contributed by atoms with Crippen molar-refractivity contribution in [3.63, 3.8) is 0 Å². The molecule has 5 nitrogen and oxygen atoms in total. The van der Waals surface area contributed by atoms with Gasteiger partial charge in [-0.05, 0) is 19.1 Å². The molecule has 0 heterocycles. The van der Waals surface area contributed by atoms with Gasteiger partial charge in [-0.2, -0.15) is 0 Å². The molecule has 0 saturated carbocycles. The minimum Gasteiger partial charge on any atom is -0.399 e. The number of sulfone groups is 1. The molecule has 3 N–H and O–H groups in total. The molecule has 1 aromatic rings. The summed E-state index contributed by atoms with van der Waals surface area (Å²) in [6.45, 7) is 1.58. The highest BCUT2D eigenvalue weighted by Crippen LogP contribution is 2.28. The van der Waals surface area contributed by atoms with Gasteiger partial charge in [0.05, 0.1) is 21.4 Å². The summed E-state index contributed by atoms with van der Waals surface area (Å²) in [5.74, 6) is -0.679. The topological polar surface area (TPSA) is 89.3 Å². The number of nitrogens with two attached hydrogens (primary N) is 1. The van der Waals surface area contributed by atoms with E-state index in [2.05, 4.69) is 5.32 Å². The van der Waals surface area contributed by atoms with Crippen LogP contribution in [0.3, 0.4) is 0 Å². The smallest absolute Gasteiger partial charge is 0.253 e. The molecule has 0 aliphatic heterocycles. The Kier molecular flexibility index (Phi) is 5.06. The van der Waals surface area contributed by atoms with Gasteiger partial charge in [0.25, 0.3) is 5.91 Å². The van der Waals surface area contributed by atoms with Gasteiger partial charge in [-0.25, -0.2) is 8.42 Å². The monoisotopic (exact) mass is 324 g/mol. The molecule has 8 heteroatoms. The zero-order chi connectivity index (χ0) is 14.8. The van der Waals surface area contributed by atoms with Crippen LogP contribution in [0.1, 0.15) is 17.3 Å². The molecule has 1 aromatic carbocycles. The molecule has 0 spiro atoms. The summed E-state index contributed by atoms with van der Waals surface area (Å²) in [4.78, 5) is 12.0. The molecule has 0 bridgehead atoms. The van der Waals surface area contributed by atoms with E-state index in [1.807, 2.05) is 0 Å². The Bertz CT molecular complexity index is 602. The maximum atomic E-state index is 12.0. The maximum Gasteiger partial charge on any atom is 0.253 e. The van der Waals surface area contributed by atoms with Crippen LogP contribution in [0, 0.1) is 0 Å². The van der Waals surface area contributed by atoms with E-state index in [0.29, 0.717) is 5.69 Å². The minimum atomic E-state index is -3.18. The second-order valence-electron chi connectivity index (χ2n) is 4.33. The van der Waals surface area contributed by atoms with E-state index in [9.17, 15) is 13.2 Å². The van der Waals surface area contributed by atoms with Crippen LogP contribution in [0.25, 0.3) is 0 Å². The molecule has 0 aliphatic rings. The Morgan fingerprint density at radius 3 is 2.53 bits per heavy atom. The van der Waals surface area contributed by atoms with Gasteiger partial charge < -0.3 is 11.1 Å². The van der Waals surface area contributed by atoms with Gasteiger partial charge in [-0.1, -0.05) is 23.2 Å². The lowest BCUT2D eigenvalue weighted by Gasteiger charge is -2.14. The molecule has 0 aromatic heterocycles. The van der Waals surface area contributed by atoms with E-state index in [1.165, 1.54) is 12.1 Å². The standard InChI is InChI=1S/C11H14Cl2N2O3S/c1-6(5-19(2,17)18)15-11(16)8-3-7(14)4-9(12)10(8)13/h3-4,6H,5,14H2,1-2H3,(H,15,16). The number of rotatable bonds is 4. The van der Waals surface area contributed by atoms with Crippen molar-refractivity contribution in [3.8, 4) is 0 Å². The Hall–Kier alpha value is -0.980. The van der Waals surface area contributed by atoms with Crippen LogP contribution in [0.15, 0.2) is 12.1 Å². The summed E-state index contributed by atoms with van der Waals surface area (Å²) < 4.78 is 22.2. The molecule has 0 fully saturated rings. The minimum absolute atomic E-state index is 0.0833. The van der Waals surface area contributed by atoms with Crippen LogP contribution in [0.2, 0.25) is 10.0 Å². The number of nitrogens with one attached hydrogen (secondary N) is 1. The van der Waals surface area contributed by atoms with Gasteiger partial charge in [-0.15, -0.1) is 0 Å². The van der Waals surface area contributed by atoms with Crippen molar-refractivity contribution < 1.29 is 13.2 Å². The van der Waals surface area contributed by atoms with E-state index >= 15 is 0 Å². The first-order chi connectivity index (χ1) is 8.60. The average molecular weight is 325 g/mol. The summed E-state index contributed by atoms with van der Waals surface area (Å²) in [6.07, 6.45) is 1.10. The van der Waals surface area contributed by atoms with Crippen molar-refractivity contribution in [1.82, 2.24) is 5.32 Å². The second kappa shape index (κ2) is 5.98. The third-order valence-electron chi connectivity index (χ3n) is 2.23. The fourth-order valence-corrected chi connectivity index (χ4v) is 2.99. The molecule has 0 radical (unpaired) electrons. The molecule has 1 rings (SSSR count). The number of anilines is 1. The number of carbonyl (C=O) groups excluding carboxylic acids is 1. The van der Waals surface area contributed by atoms with Crippen molar-refractivity contribution >= 4 is 44.6 Å². The number of halogens is 2. The first-order valence-corrected chi connectivity index (χ1v) is 8.15. The fraction of sp³-hybridized carbons (Fsp3) is 0.364. The lowest BCUT2D eigenvalue weighted by Crippen LogP contribution is -2.37. The lowest BCUT2D eigenvalue weighted by atomic mass is 10.2. The fourth-order valence-electron chi connectivity index (χ4n) is 1.57. The molecular formula is C11H14Cl2N2O3S.